The van der Waals surface area contributed by atoms with E-state index >= 15 is 0 Å². The molecule has 3 nitrogen and oxygen atoms in total. The minimum absolute atomic E-state index is 0.0933. The Labute approximate surface area is 130 Å². The van der Waals surface area contributed by atoms with Crippen LogP contribution in [-0.4, -0.2) is 24.6 Å². The molecule has 21 heavy (non-hydrogen) atoms. The summed E-state index contributed by atoms with van der Waals surface area (Å²) in [4.78, 5) is 7.55. The smallest absolute Gasteiger partial charge is 0.129 e. The van der Waals surface area contributed by atoms with E-state index in [2.05, 4.69) is 50.0 Å². The van der Waals surface area contributed by atoms with Gasteiger partial charge in [-0.15, -0.1) is 0 Å². The predicted octanol–water partition coefficient (Wildman–Crippen LogP) is 3.87. The molecule has 1 saturated heterocycles. The van der Waals surface area contributed by atoms with Gasteiger partial charge in [0.15, 0.2) is 0 Å². The fourth-order valence-corrected chi connectivity index (χ4v) is 3.14. The van der Waals surface area contributed by atoms with E-state index in [0.717, 1.165) is 13.1 Å². The molecule has 1 unspecified atom stereocenters. The van der Waals surface area contributed by atoms with Crippen LogP contribution in [0.2, 0.25) is 0 Å². The molecule has 0 aromatic carbocycles. The zero-order chi connectivity index (χ0) is 15.5. The fourth-order valence-electron chi connectivity index (χ4n) is 3.14. The number of hydrogen-bond donors (Lipinski definition) is 1. The summed E-state index contributed by atoms with van der Waals surface area (Å²) in [6.07, 6.45) is 5.17. The predicted molar refractivity (Wildman–Crippen MR) is 91.0 cm³/mol. The highest BCUT2D eigenvalue weighted by Crippen LogP contribution is 2.29. The third-order valence-electron chi connectivity index (χ3n) is 4.41. The van der Waals surface area contributed by atoms with Crippen LogP contribution in [0.1, 0.15) is 64.6 Å². The summed E-state index contributed by atoms with van der Waals surface area (Å²) in [6.45, 7) is 11.1. The van der Waals surface area contributed by atoms with E-state index in [9.17, 15) is 0 Å². The van der Waals surface area contributed by atoms with E-state index in [0.29, 0.717) is 6.04 Å². The summed E-state index contributed by atoms with van der Waals surface area (Å²) in [5.74, 6) is 1.18. The van der Waals surface area contributed by atoms with Crippen molar-refractivity contribution in [1.29, 1.82) is 0 Å². The molecule has 2 rings (SSSR count). The quantitative estimate of drug-likeness (QED) is 0.912. The number of nitrogens with zero attached hydrogens (tertiary/aromatic N) is 2. The molecule has 0 radical (unpaired) electrons. The number of hydrogen-bond acceptors (Lipinski definition) is 3. The lowest BCUT2D eigenvalue weighted by Crippen LogP contribution is -2.40. The molecule has 1 N–H and O–H groups in total. The van der Waals surface area contributed by atoms with Crippen LogP contribution in [0, 0.1) is 0 Å². The summed E-state index contributed by atoms with van der Waals surface area (Å²) in [5, 5.41) is 3.27. The zero-order valence-electron chi connectivity index (χ0n) is 14.4. The van der Waals surface area contributed by atoms with Gasteiger partial charge in [0.05, 0.1) is 0 Å². The number of rotatable bonds is 4. The second-order valence-corrected chi connectivity index (χ2v) is 7.25. The molecule has 1 aliphatic rings. The van der Waals surface area contributed by atoms with Crippen molar-refractivity contribution in [2.75, 3.05) is 18.5 Å². The average Bonchev–Trinajstić information content (AvgIpc) is 2.46. The summed E-state index contributed by atoms with van der Waals surface area (Å²) >= 11 is 0. The van der Waals surface area contributed by atoms with Gasteiger partial charge in [-0.3, -0.25) is 0 Å². The first-order valence-electron chi connectivity index (χ1n) is 8.38. The largest absolute Gasteiger partial charge is 0.354 e. The van der Waals surface area contributed by atoms with Crippen LogP contribution >= 0.6 is 0 Å². The molecule has 2 heterocycles. The molecular formula is C18H31N3. The van der Waals surface area contributed by atoms with Gasteiger partial charge in [-0.05, 0) is 50.4 Å². The molecule has 1 atom stereocenters. The van der Waals surface area contributed by atoms with E-state index in [1.54, 1.807) is 0 Å². The van der Waals surface area contributed by atoms with Crippen molar-refractivity contribution in [3.8, 4) is 0 Å². The SMILES string of the molecule is CCC1CCCCN1c1cc(CNC)cc(C(C)(C)C)n1. The molecular weight excluding hydrogens is 258 g/mol. The van der Waals surface area contributed by atoms with Crippen LogP contribution in [0.5, 0.6) is 0 Å². The molecule has 0 spiro atoms. The van der Waals surface area contributed by atoms with Crippen LogP contribution in [0.15, 0.2) is 12.1 Å². The zero-order valence-corrected chi connectivity index (χ0v) is 14.4. The highest BCUT2D eigenvalue weighted by Gasteiger charge is 2.24. The maximum Gasteiger partial charge on any atom is 0.129 e. The Balaban J connectivity index is 2.38. The van der Waals surface area contributed by atoms with Crippen molar-refractivity contribution >= 4 is 5.82 Å². The van der Waals surface area contributed by atoms with Crippen LogP contribution in [0.4, 0.5) is 5.82 Å². The Morgan fingerprint density at radius 2 is 2.05 bits per heavy atom. The van der Waals surface area contributed by atoms with Gasteiger partial charge in [-0.2, -0.15) is 0 Å². The van der Waals surface area contributed by atoms with Gasteiger partial charge in [0.25, 0.3) is 0 Å². The number of nitrogens with one attached hydrogen (secondary N) is 1. The first kappa shape index (κ1) is 16.3. The monoisotopic (exact) mass is 289 g/mol. The molecule has 1 aromatic rings. The van der Waals surface area contributed by atoms with Gasteiger partial charge in [0.2, 0.25) is 0 Å². The highest BCUT2D eigenvalue weighted by atomic mass is 15.2. The molecule has 0 amide bonds. The van der Waals surface area contributed by atoms with E-state index in [1.165, 1.54) is 42.8 Å². The third kappa shape index (κ3) is 3.97. The first-order valence-corrected chi connectivity index (χ1v) is 8.38. The van der Waals surface area contributed by atoms with Crippen molar-refractivity contribution in [2.45, 2.75) is 71.4 Å². The molecule has 0 aliphatic carbocycles. The average molecular weight is 289 g/mol. The Hall–Kier alpha value is -1.09. The number of aromatic nitrogens is 1. The van der Waals surface area contributed by atoms with Crippen LogP contribution < -0.4 is 10.2 Å². The Bertz CT molecular complexity index is 462. The van der Waals surface area contributed by atoms with Crippen molar-refractivity contribution in [3.05, 3.63) is 23.4 Å². The van der Waals surface area contributed by atoms with Gasteiger partial charge in [0, 0.05) is 30.2 Å². The van der Waals surface area contributed by atoms with Gasteiger partial charge >= 0.3 is 0 Å². The van der Waals surface area contributed by atoms with Crippen LogP contribution in [-0.2, 0) is 12.0 Å². The summed E-state index contributed by atoms with van der Waals surface area (Å²) < 4.78 is 0. The van der Waals surface area contributed by atoms with E-state index in [4.69, 9.17) is 4.98 Å². The molecule has 0 saturated carbocycles. The lowest BCUT2D eigenvalue weighted by Gasteiger charge is -2.37. The summed E-state index contributed by atoms with van der Waals surface area (Å²) in [6, 6.07) is 5.19. The van der Waals surface area contributed by atoms with Gasteiger partial charge in [-0.1, -0.05) is 27.7 Å². The van der Waals surface area contributed by atoms with Gasteiger partial charge in [-0.25, -0.2) is 4.98 Å². The lowest BCUT2D eigenvalue weighted by atomic mass is 9.90. The standard InChI is InChI=1S/C18H31N3/c1-6-15-9-7-8-10-21(15)17-12-14(13-19-5)11-16(20-17)18(2,3)4/h11-12,15,19H,6-10,13H2,1-5H3. The van der Waals surface area contributed by atoms with E-state index in [1.807, 2.05) is 7.05 Å². The third-order valence-corrected chi connectivity index (χ3v) is 4.41. The van der Waals surface area contributed by atoms with Crippen molar-refractivity contribution in [1.82, 2.24) is 10.3 Å². The topological polar surface area (TPSA) is 28.2 Å². The van der Waals surface area contributed by atoms with Crippen molar-refractivity contribution < 1.29 is 0 Å². The Morgan fingerprint density at radius 1 is 1.29 bits per heavy atom. The van der Waals surface area contributed by atoms with Crippen LogP contribution in [0.3, 0.4) is 0 Å². The van der Waals surface area contributed by atoms with Crippen LogP contribution in [0.25, 0.3) is 0 Å². The summed E-state index contributed by atoms with van der Waals surface area (Å²) in [7, 11) is 2.01. The maximum absolute atomic E-state index is 5.01. The minimum Gasteiger partial charge on any atom is -0.354 e. The number of piperidine rings is 1. The van der Waals surface area contributed by atoms with Crippen molar-refractivity contribution in [2.24, 2.45) is 0 Å². The number of pyridine rings is 1. The molecule has 0 bridgehead atoms. The fraction of sp³-hybridized carbons (Fsp3) is 0.722. The summed E-state index contributed by atoms with van der Waals surface area (Å²) in [5.41, 5.74) is 2.63. The first-order chi connectivity index (χ1) is 9.95. The maximum atomic E-state index is 5.01. The number of anilines is 1. The van der Waals surface area contributed by atoms with E-state index in [-0.39, 0.29) is 5.41 Å². The molecule has 1 aromatic heterocycles. The van der Waals surface area contributed by atoms with Crippen molar-refractivity contribution in [3.63, 3.8) is 0 Å². The van der Waals surface area contributed by atoms with Gasteiger partial charge in [0.1, 0.15) is 5.82 Å². The Kier molecular flexibility index (Phi) is 5.26. The lowest BCUT2D eigenvalue weighted by molar-refractivity contribution is 0.445. The second-order valence-electron chi connectivity index (χ2n) is 7.25. The molecule has 1 aliphatic heterocycles. The molecule has 118 valence electrons. The highest BCUT2D eigenvalue weighted by molar-refractivity contribution is 5.45. The molecule has 3 heteroatoms. The Morgan fingerprint density at radius 3 is 2.67 bits per heavy atom. The minimum atomic E-state index is 0.0933. The van der Waals surface area contributed by atoms with Gasteiger partial charge < -0.3 is 10.2 Å². The normalized spacial score (nSPS) is 19.9. The van der Waals surface area contributed by atoms with E-state index < -0.39 is 0 Å². The molecule has 1 fully saturated rings. The second kappa shape index (κ2) is 6.78.